The van der Waals surface area contributed by atoms with Gasteiger partial charge >= 0.3 is 0 Å². The second kappa shape index (κ2) is 6.57. The third-order valence-electron chi connectivity index (χ3n) is 3.71. The van der Waals surface area contributed by atoms with E-state index in [9.17, 15) is 4.79 Å². The summed E-state index contributed by atoms with van der Waals surface area (Å²) in [7, 11) is 1.91. The first-order chi connectivity index (χ1) is 9.11. The minimum Gasteiger partial charge on any atom is -0.345 e. The highest BCUT2D eigenvalue weighted by Gasteiger charge is 2.22. The fourth-order valence-corrected chi connectivity index (χ4v) is 3.12. The van der Waals surface area contributed by atoms with Crippen molar-refractivity contribution in [3.8, 4) is 0 Å². The molecule has 1 amide bonds. The Bertz CT molecular complexity index is 438. The molecule has 0 aromatic carbocycles. The molecular weight excluding hydrogens is 306 g/mol. The van der Waals surface area contributed by atoms with Crippen molar-refractivity contribution in [2.45, 2.75) is 32.2 Å². The predicted octanol–water partition coefficient (Wildman–Crippen LogP) is 2.39. The standard InChI is InChI=1S/C14H22BrN3O/c1-3-18(10-12-6-4-5-7-16-12)14(19)13-8-11(15)9-17(13)2/h8-9,12,16H,3-7,10H2,1-2H3. The molecule has 0 radical (unpaired) electrons. The topological polar surface area (TPSA) is 37.3 Å². The Morgan fingerprint density at radius 3 is 2.89 bits per heavy atom. The second-order valence-electron chi connectivity index (χ2n) is 5.15. The van der Waals surface area contributed by atoms with Gasteiger partial charge in [0.15, 0.2) is 0 Å². The van der Waals surface area contributed by atoms with Crippen LogP contribution in [-0.4, -0.2) is 41.1 Å². The van der Waals surface area contributed by atoms with Gasteiger partial charge in [-0.2, -0.15) is 0 Å². The van der Waals surface area contributed by atoms with Crippen LogP contribution in [0.3, 0.4) is 0 Å². The van der Waals surface area contributed by atoms with E-state index < -0.39 is 0 Å². The molecule has 1 aromatic heterocycles. The van der Waals surface area contributed by atoms with E-state index in [0.29, 0.717) is 6.04 Å². The van der Waals surface area contributed by atoms with Crippen LogP contribution in [0.4, 0.5) is 0 Å². The summed E-state index contributed by atoms with van der Waals surface area (Å²) in [4.78, 5) is 14.5. The van der Waals surface area contributed by atoms with E-state index in [1.807, 2.05) is 35.7 Å². The molecule has 1 fully saturated rings. The van der Waals surface area contributed by atoms with Gasteiger partial charge in [-0.25, -0.2) is 0 Å². The number of aromatic nitrogens is 1. The van der Waals surface area contributed by atoms with Crippen LogP contribution in [0.1, 0.15) is 36.7 Å². The van der Waals surface area contributed by atoms with Crippen molar-refractivity contribution >= 4 is 21.8 Å². The van der Waals surface area contributed by atoms with Crippen molar-refractivity contribution in [2.24, 2.45) is 7.05 Å². The van der Waals surface area contributed by atoms with Crippen LogP contribution in [0.5, 0.6) is 0 Å². The Morgan fingerprint density at radius 2 is 2.37 bits per heavy atom. The zero-order chi connectivity index (χ0) is 13.8. The molecule has 1 N–H and O–H groups in total. The molecule has 1 unspecified atom stereocenters. The van der Waals surface area contributed by atoms with Crippen LogP contribution in [0.2, 0.25) is 0 Å². The lowest BCUT2D eigenvalue weighted by Gasteiger charge is -2.30. The lowest BCUT2D eigenvalue weighted by Crippen LogP contribution is -2.46. The van der Waals surface area contributed by atoms with E-state index >= 15 is 0 Å². The number of nitrogens with one attached hydrogen (secondary N) is 1. The summed E-state index contributed by atoms with van der Waals surface area (Å²) in [5.74, 6) is 0.114. The molecule has 1 aromatic rings. The number of rotatable bonds is 4. The van der Waals surface area contributed by atoms with Gasteiger partial charge in [0.2, 0.25) is 0 Å². The Labute approximate surface area is 123 Å². The normalized spacial score (nSPS) is 19.4. The van der Waals surface area contributed by atoms with Gasteiger partial charge in [0, 0.05) is 36.8 Å². The quantitative estimate of drug-likeness (QED) is 0.921. The van der Waals surface area contributed by atoms with Gasteiger partial charge in [-0.15, -0.1) is 0 Å². The maximum Gasteiger partial charge on any atom is 0.270 e. The Morgan fingerprint density at radius 1 is 1.58 bits per heavy atom. The number of aryl methyl sites for hydroxylation is 1. The SMILES string of the molecule is CCN(CC1CCCCN1)C(=O)c1cc(Br)cn1C. The zero-order valence-corrected chi connectivity index (χ0v) is 13.2. The fraction of sp³-hybridized carbons (Fsp3) is 0.643. The summed E-state index contributed by atoms with van der Waals surface area (Å²) in [5.41, 5.74) is 0.740. The van der Waals surface area contributed by atoms with Crippen LogP contribution in [0.15, 0.2) is 16.7 Å². The molecule has 0 aliphatic carbocycles. The second-order valence-corrected chi connectivity index (χ2v) is 6.06. The van der Waals surface area contributed by atoms with Crippen LogP contribution < -0.4 is 5.32 Å². The number of nitrogens with zero attached hydrogens (tertiary/aromatic N) is 2. The highest BCUT2D eigenvalue weighted by molar-refractivity contribution is 9.10. The van der Waals surface area contributed by atoms with Gasteiger partial charge in [0.25, 0.3) is 5.91 Å². The summed E-state index contributed by atoms with van der Waals surface area (Å²) in [6, 6.07) is 2.33. The fourth-order valence-electron chi connectivity index (χ4n) is 2.60. The van der Waals surface area contributed by atoms with Crippen molar-refractivity contribution < 1.29 is 4.79 Å². The van der Waals surface area contributed by atoms with Crippen LogP contribution in [0, 0.1) is 0 Å². The van der Waals surface area contributed by atoms with Crippen molar-refractivity contribution in [2.75, 3.05) is 19.6 Å². The van der Waals surface area contributed by atoms with Gasteiger partial charge in [-0.05, 0) is 48.3 Å². The van der Waals surface area contributed by atoms with E-state index in [1.165, 1.54) is 19.3 Å². The molecule has 1 aliphatic heterocycles. The van der Waals surface area contributed by atoms with Crippen molar-refractivity contribution in [1.82, 2.24) is 14.8 Å². The minimum absolute atomic E-state index is 0.114. The lowest BCUT2D eigenvalue weighted by atomic mass is 10.0. The molecule has 1 atom stereocenters. The largest absolute Gasteiger partial charge is 0.345 e. The highest BCUT2D eigenvalue weighted by atomic mass is 79.9. The molecule has 1 aliphatic rings. The maximum absolute atomic E-state index is 12.5. The molecule has 0 saturated carbocycles. The molecule has 19 heavy (non-hydrogen) atoms. The molecule has 4 nitrogen and oxygen atoms in total. The molecule has 2 heterocycles. The monoisotopic (exact) mass is 327 g/mol. The van der Waals surface area contributed by atoms with E-state index in [0.717, 1.165) is 29.8 Å². The summed E-state index contributed by atoms with van der Waals surface area (Å²) in [6.45, 7) is 4.67. The summed E-state index contributed by atoms with van der Waals surface area (Å²) < 4.78 is 2.83. The number of hydrogen-bond acceptors (Lipinski definition) is 2. The number of piperidine rings is 1. The molecule has 0 bridgehead atoms. The number of halogens is 1. The lowest BCUT2D eigenvalue weighted by molar-refractivity contribution is 0.0732. The van der Waals surface area contributed by atoms with Crippen molar-refractivity contribution in [1.29, 1.82) is 0 Å². The van der Waals surface area contributed by atoms with Crippen LogP contribution >= 0.6 is 15.9 Å². The van der Waals surface area contributed by atoms with Crippen LogP contribution in [-0.2, 0) is 7.05 Å². The Kier molecular flexibility index (Phi) is 5.05. The average Bonchev–Trinajstić information content (AvgIpc) is 2.75. The first-order valence-corrected chi connectivity index (χ1v) is 7.75. The number of amides is 1. The first-order valence-electron chi connectivity index (χ1n) is 6.96. The van der Waals surface area contributed by atoms with E-state index in [-0.39, 0.29) is 5.91 Å². The smallest absolute Gasteiger partial charge is 0.270 e. The number of carbonyl (C=O) groups excluding carboxylic acids is 1. The third-order valence-corrected chi connectivity index (χ3v) is 4.15. The zero-order valence-electron chi connectivity index (χ0n) is 11.7. The number of likely N-dealkylation sites (N-methyl/N-ethyl adjacent to an activating group) is 1. The molecule has 1 saturated heterocycles. The number of carbonyl (C=O) groups is 1. The maximum atomic E-state index is 12.5. The van der Waals surface area contributed by atoms with Crippen molar-refractivity contribution in [3.63, 3.8) is 0 Å². The Hall–Kier alpha value is -0.810. The first kappa shape index (κ1) is 14.6. The summed E-state index contributed by atoms with van der Waals surface area (Å²) in [6.07, 6.45) is 5.60. The van der Waals surface area contributed by atoms with Gasteiger partial charge < -0.3 is 14.8 Å². The minimum atomic E-state index is 0.114. The van der Waals surface area contributed by atoms with Gasteiger partial charge in [-0.1, -0.05) is 6.42 Å². The summed E-state index contributed by atoms with van der Waals surface area (Å²) >= 11 is 3.42. The van der Waals surface area contributed by atoms with Crippen molar-refractivity contribution in [3.05, 3.63) is 22.4 Å². The predicted molar refractivity (Wildman–Crippen MR) is 80.3 cm³/mol. The molecule has 0 spiro atoms. The summed E-state index contributed by atoms with van der Waals surface area (Å²) in [5, 5.41) is 3.50. The molecule has 2 rings (SSSR count). The average molecular weight is 328 g/mol. The molecular formula is C14H22BrN3O. The highest BCUT2D eigenvalue weighted by Crippen LogP contribution is 2.16. The molecule has 106 valence electrons. The Balaban J connectivity index is 2.04. The van der Waals surface area contributed by atoms with Gasteiger partial charge in [-0.3, -0.25) is 4.79 Å². The number of hydrogen-bond donors (Lipinski definition) is 1. The third kappa shape index (κ3) is 3.60. The van der Waals surface area contributed by atoms with Crippen LogP contribution in [0.25, 0.3) is 0 Å². The van der Waals surface area contributed by atoms with Gasteiger partial charge in [0.05, 0.1) is 0 Å². The van der Waals surface area contributed by atoms with Gasteiger partial charge in [0.1, 0.15) is 5.69 Å². The van der Waals surface area contributed by atoms with E-state index in [1.54, 1.807) is 0 Å². The molecule has 5 heteroatoms. The van der Waals surface area contributed by atoms with E-state index in [4.69, 9.17) is 0 Å². The van der Waals surface area contributed by atoms with E-state index in [2.05, 4.69) is 21.2 Å².